The largest absolute Gasteiger partial charge is 0.345 e. The van der Waals surface area contributed by atoms with Gasteiger partial charge in [0.2, 0.25) is 16.0 Å². The number of anilines is 1. The normalized spacial score (nSPS) is 16.2. The van der Waals surface area contributed by atoms with Gasteiger partial charge in [0.25, 0.3) is 5.56 Å². The first-order valence-corrected chi connectivity index (χ1v) is 10.1. The summed E-state index contributed by atoms with van der Waals surface area (Å²) in [6.07, 6.45) is 2.64. The van der Waals surface area contributed by atoms with Crippen molar-refractivity contribution in [1.29, 1.82) is 0 Å². The van der Waals surface area contributed by atoms with E-state index >= 15 is 0 Å². The summed E-state index contributed by atoms with van der Waals surface area (Å²) in [4.78, 5) is 34.1. The van der Waals surface area contributed by atoms with Crippen LogP contribution in [0.4, 0.5) is 5.13 Å². The van der Waals surface area contributed by atoms with E-state index in [1.54, 1.807) is 6.07 Å². The van der Waals surface area contributed by atoms with Gasteiger partial charge in [-0.05, 0) is 12.8 Å². The molecule has 142 valence electrons. The van der Waals surface area contributed by atoms with E-state index in [2.05, 4.69) is 21.9 Å². The van der Waals surface area contributed by atoms with Crippen LogP contribution in [0.5, 0.6) is 0 Å². The van der Waals surface area contributed by atoms with Crippen LogP contribution in [0.1, 0.15) is 46.2 Å². The molecule has 0 radical (unpaired) electrons. The number of rotatable bonds is 3. The van der Waals surface area contributed by atoms with Gasteiger partial charge in [0.15, 0.2) is 0 Å². The molecule has 0 spiro atoms. The minimum absolute atomic E-state index is 0.125. The molecule has 0 saturated carbocycles. The van der Waals surface area contributed by atoms with Crippen LogP contribution in [-0.2, 0) is 11.2 Å². The third-order valence-corrected chi connectivity index (χ3v) is 5.46. The molecule has 1 aliphatic rings. The van der Waals surface area contributed by atoms with Gasteiger partial charge in [-0.15, -0.1) is 5.10 Å². The molecule has 26 heavy (non-hydrogen) atoms. The third kappa shape index (κ3) is 3.90. The van der Waals surface area contributed by atoms with E-state index in [1.165, 1.54) is 15.9 Å². The highest BCUT2D eigenvalue weighted by Gasteiger charge is 2.29. The lowest BCUT2D eigenvalue weighted by molar-refractivity contribution is -0.139. The number of nitrogens with zero attached hydrogens (tertiary/aromatic N) is 5. The van der Waals surface area contributed by atoms with Crippen molar-refractivity contribution in [3.8, 4) is 0 Å². The van der Waals surface area contributed by atoms with Crippen molar-refractivity contribution in [2.45, 2.75) is 47.0 Å². The Morgan fingerprint density at radius 2 is 2.00 bits per heavy atom. The number of fused-ring (bicyclic) bond motifs is 1. The van der Waals surface area contributed by atoms with Crippen LogP contribution >= 0.6 is 11.3 Å². The monoisotopic (exact) mass is 377 g/mol. The lowest BCUT2D eigenvalue weighted by Crippen LogP contribution is -2.41. The van der Waals surface area contributed by atoms with E-state index in [0.29, 0.717) is 11.5 Å². The predicted octanol–water partition coefficient (Wildman–Crippen LogP) is 2.19. The number of hydrogen-bond acceptors (Lipinski definition) is 6. The molecule has 2 aromatic heterocycles. The van der Waals surface area contributed by atoms with E-state index < -0.39 is 0 Å². The molecule has 0 N–H and O–H groups in total. The Labute approximate surface area is 157 Å². The molecule has 1 saturated heterocycles. The Kier molecular flexibility index (Phi) is 5.32. The zero-order valence-corrected chi connectivity index (χ0v) is 16.8. The van der Waals surface area contributed by atoms with Crippen LogP contribution in [0.3, 0.4) is 0 Å². The van der Waals surface area contributed by atoms with Gasteiger partial charge in [0.05, 0.1) is 0 Å². The minimum Gasteiger partial charge on any atom is -0.345 e. The number of carbonyl (C=O) groups excluding carboxylic acids is 1. The lowest BCUT2D eigenvalue weighted by Gasteiger charge is -2.28. The second-order valence-electron chi connectivity index (χ2n) is 7.80. The van der Waals surface area contributed by atoms with Crippen LogP contribution in [-0.4, -0.2) is 51.6 Å². The molecule has 0 aliphatic carbocycles. The van der Waals surface area contributed by atoms with Crippen LogP contribution in [0, 0.1) is 5.41 Å². The topological polar surface area (TPSA) is 70.8 Å². The van der Waals surface area contributed by atoms with Crippen LogP contribution in [0.15, 0.2) is 10.9 Å². The quantitative estimate of drug-likeness (QED) is 0.820. The summed E-state index contributed by atoms with van der Waals surface area (Å²) in [5.41, 5.74) is 0.337. The average molecular weight is 378 g/mol. The average Bonchev–Trinajstić information content (AvgIpc) is 2.84. The fraction of sp³-hybridized carbons (Fsp3) is 0.667. The first-order chi connectivity index (χ1) is 12.3. The standard InChI is InChI=1S/C18H27N5O2S/c1-5-7-13-12-14(24)23-16(19-13)26-17(20-23)22-9-6-8-21(10-11-22)15(25)18(2,3)4/h12H,5-11H2,1-4H3. The summed E-state index contributed by atoms with van der Waals surface area (Å²) in [7, 11) is 0. The van der Waals surface area contributed by atoms with Crippen molar-refractivity contribution in [3.05, 3.63) is 22.1 Å². The van der Waals surface area contributed by atoms with Crippen molar-refractivity contribution in [2.24, 2.45) is 5.41 Å². The maximum absolute atomic E-state index is 12.5. The molecular weight excluding hydrogens is 350 g/mol. The van der Waals surface area contributed by atoms with Crippen LogP contribution in [0.2, 0.25) is 0 Å². The second-order valence-corrected chi connectivity index (χ2v) is 8.73. The van der Waals surface area contributed by atoms with Gasteiger partial charge in [0, 0.05) is 43.4 Å². The fourth-order valence-electron chi connectivity index (χ4n) is 3.14. The Morgan fingerprint density at radius 1 is 1.23 bits per heavy atom. The summed E-state index contributed by atoms with van der Waals surface area (Å²) in [6.45, 7) is 10.9. The molecule has 0 unspecified atom stereocenters. The van der Waals surface area contributed by atoms with E-state index in [1.807, 2.05) is 25.7 Å². The summed E-state index contributed by atoms with van der Waals surface area (Å²) >= 11 is 1.45. The summed E-state index contributed by atoms with van der Waals surface area (Å²) in [6, 6.07) is 1.58. The van der Waals surface area contributed by atoms with Crippen LogP contribution in [0.25, 0.3) is 4.96 Å². The molecule has 3 rings (SSSR count). The van der Waals surface area contributed by atoms with E-state index in [0.717, 1.165) is 49.7 Å². The maximum Gasteiger partial charge on any atom is 0.275 e. The molecule has 1 amide bonds. The van der Waals surface area contributed by atoms with Crippen molar-refractivity contribution < 1.29 is 4.79 Å². The third-order valence-electron chi connectivity index (χ3n) is 4.49. The van der Waals surface area contributed by atoms with Crippen molar-refractivity contribution >= 4 is 27.3 Å². The number of amides is 1. The summed E-state index contributed by atoms with van der Waals surface area (Å²) in [5, 5.41) is 5.28. The minimum atomic E-state index is -0.363. The van der Waals surface area contributed by atoms with Crippen molar-refractivity contribution in [1.82, 2.24) is 19.5 Å². The van der Waals surface area contributed by atoms with Gasteiger partial charge in [-0.2, -0.15) is 4.52 Å². The number of aromatic nitrogens is 3. The predicted molar refractivity (Wildman–Crippen MR) is 104 cm³/mol. The van der Waals surface area contributed by atoms with Crippen LogP contribution < -0.4 is 10.5 Å². The van der Waals surface area contributed by atoms with Gasteiger partial charge < -0.3 is 9.80 Å². The van der Waals surface area contributed by atoms with Crippen molar-refractivity contribution in [3.63, 3.8) is 0 Å². The highest BCUT2D eigenvalue weighted by molar-refractivity contribution is 7.20. The van der Waals surface area contributed by atoms with Gasteiger partial charge in [0.1, 0.15) is 0 Å². The second kappa shape index (κ2) is 7.34. The molecule has 7 nitrogen and oxygen atoms in total. The maximum atomic E-state index is 12.5. The molecule has 2 aromatic rings. The molecule has 1 aliphatic heterocycles. The zero-order valence-electron chi connectivity index (χ0n) is 16.0. The first kappa shape index (κ1) is 18.8. The molecule has 1 fully saturated rings. The highest BCUT2D eigenvalue weighted by atomic mass is 32.1. The molecule has 0 aromatic carbocycles. The fourth-order valence-corrected chi connectivity index (χ4v) is 4.12. The van der Waals surface area contributed by atoms with Gasteiger partial charge in [-0.3, -0.25) is 9.59 Å². The Bertz CT molecular complexity index is 851. The highest BCUT2D eigenvalue weighted by Crippen LogP contribution is 2.24. The van der Waals surface area contributed by atoms with Gasteiger partial charge in [-0.25, -0.2) is 4.98 Å². The van der Waals surface area contributed by atoms with E-state index in [9.17, 15) is 9.59 Å². The number of hydrogen-bond donors (Lipinski definition) is 0. The van der Waals surface area contributed by atoms with Crippen molar-refractivity contribution in [2.75, 3.05) is 31.1 Å². The van der Waals surface area contributed by atoms with Gasteiger partial charge in [-0.1, -0.05) is 45.5 Å². The molecule has 8 heteroatoms. The Balaban J connectivity index is 1.80. The molecule has 3 heterocycles. The molecule has 0 atom stereocenters. The number of aryl methyl sites for hydroxylation is 1. The summed E-state index contributed by atoms with van der Waals surface area (Å²) < 4.78 is 1.39. The van der Waals surface area contributed by atoms with Gasteiger partial charge >= 0.3 is 0 Å². The smallest absolute Gasteiger partial charge is 0.275 e. The molecular formula is C18H27N5O2S. The number of carbonyl (C=O) groups is 1. The Morgan fingerprint density at radius 3 is 2.69 bits per heavy atom. The van der Waals surface area contributed by atoms with E-state index in [4.69, 9.17) is 0 Å². The SMILES string of the molecule is CCCc1cc(=O)n2nc(N3CCCN(C(=O)C(C)(C)C)CC3)sc2n1. The molecule has 0 bridgehead atoms. The van der Waals surface area contributed by atoms with E-state index in [-0.39, 0.29) is 16.9 Å². The first-order valence-electron chi connectivity index (χ1n) is 9.23. The zero-order chi connectivity index (χ0) is 18.9. The lowest BCUT2D eigenvalue weighted by atomic mass is 9.94. The summed E-state index contributed by atoms with van der Waals surface area (Å²) in [5.74, 6) is 0.186. The Hall–Kier alpha value is -1.96.